The average molecular weight is 302 g/mol. The lowest BCUT2D eigenvalue weighted by molar-refractivity contribution is 0.0693. The maximum absolute atomic E-state index is 12.4. The van der Waals surface area contributed by atoms with Crippen molar-refractivity contribution >= 4 is 27.3 Å². The molecule has 0 unspecified atom stereocenters. The van der Waals surface area contributed by atoms with Gasteiger partial charge in [0.15, 0.2) is 9.84 Å². The van der Waals surface area contributed by atoms with Gasteiger partial charge < -0.3 is 4.90 Å². The van der Waals surface area contributed by atoms with E-state index in [0.29, 0.717) is 10.6 Å². The second-order valence-corrected chi connectivity index (χ2v) is 7.73. The summed E-state index contributed by atoms with van der Waals surface area (Å²) in [7, 11) is -3.08. The van der Waals surface area contributed by atoms with E-state index in [0.717, 1.165) is 0 Å². The normalized spacial score (nSPS) is 26.2. The van der Waals surface area contributed by atoms with E-state index in [-0.39, 0.29) is 24.2 Å². The van der Waals surface area contributed by atoms with Gasteiger partial charge in [0.1, 0.15) is 0 Å². The molecule has 1 saturated heterocycles. The minimum Gasteiger partial charge on any atom is -0.334 e. The molecule has 0 aromatic heterocycles. The predicted molar refractivity (Wildman–Crippen MR) is 75.2 cm³/mol. The Balaban J connectivity index is 2.23. The molecule has 4 nitrogen and oxygen atoms in total. The van der Waals surface area contributed by atoms with Gasteiger partial charge in [-0.15, -0.1) is 0 Å². The molecule has 1 heterocycles. The molecule has 1 aliphatic heterocycles. The molecular weight excluding hydrogens is 286 g/mol. The Morgan fingerprint density at radius 3 is 2.42 bits per heavy atom. The van der Waals surface area contributed by atoms with E-state index in [1.54, 1.807) is 43.0 Å². The van der Waals surface area contributed by atoms with Crippen molar-refractivity contribution in [3.63, 3.8) is 0 Å². The van der Waals surface area contributed by atoms with Gasteiger partial charge in [-0.1, -0.05) is 11.6 Å². The van der Waals surface area contributed by atoms with Gasteiger partial charge in [-0.3, -0.25) is 4.79 Å². The van der Waals surface area contributed by atoms with Crippen LogP contribution in [-0.4, -0.2) is 42.8 Å². The molecule has 1 fully saturated rings. The third kappa shape index (κ3) is 2.77. The van der Waals surface area contributed by atoms with E-state index in [1.165, 1.54) is 0 Å². The van der Waals surface area contributed by atoms with Gasteiger partial charge in [0.05, 0.1) is 11.0 Å². The fourth-order valence-electron chi connectivity index (χ4n) is 2.21. The molecule has 104 valence electrons. The molecule has 0 aliphatic carbocycles. The van der Waals surface area contributed by atoms with Gasteiger partial charge in [0.2, 0.25) is 0 Å². The SMILES string of the molecule is C[C@@H]1[C@H](C)N(C(=O)c2ccc(Cl)cc2)CCS1(=O)=O. The average Bonchev–Trinajstić information content (AvgIpc) is 2.36. The number of benzene rings is 1. The van der Waals surface area contributed by atoms with Gasteiger partial charge in [0, 0.05) is 23.2 Å². The minimum atomic E-state index is -3.08. The summed E-state index contributed by atoms with van der Waals surface area (Å²) in [5, 5.41) is 0.0386. The molecule has 0 N–H and O–H groups in total. The van der Waals surface area contributed by atoms with Crippen molar-refractivity contribution < 1.29 is 13.2 Å². The van der Waals surface area contributed by atoms with Gasteiger partial charge in [0.25, 0.3) is 5.91 Å². The summed E-state index contributed by atoms with van der Waals surface area (Å²) in [5.41, 5.74) is 0.530. The number of nitrogens with zero attached hydrogens (tertiary/aromatic N) is 1. The molecule has 1 aromatic carbocycles. The zero-order valence-corrected chi connectivity index (χ0v) is 12.4. The van der Waals surface area contributed by atoms with E-state index in [1.807, 2.05) is 0 Å². The highest BCUT2D eigenvalue weighted by atomic mass is 35.5. The van der Waals surface area contributed by atoms with Crippen LogP contribution < -0.4 is 0 Å². The second kappa shape index (κ2) is 5.13. The Morgan fingerprint density at radius 1 is 1.26 bits per heavy atom. The van der Waals surface area contributed by atoms with Crippen molar-refractivity contribution in [1.82, 2.24) is 4.90 Å². The van der Waals surface area contributed by atoms with Crippen molar-refractivity contribution in [2.24, 2.45) is 0 Å². The zero-order chi connectivity index (χ0) is 14.2. The fraction of sp³-hybridized carbons (Fsp3) is 0.462. The maximum Gasteiger partial charge on any atom is 0.254 e. The molecule has 1 aliphatic rings. The Hall–Kier alpha value is -1.07. The molecule has 0 radical (unpaired) electrons. The molecule has 19 heavy (non-hydrogen) atoms. The first-order valence-corrected chi connectivity index (χ1v) is 8.20. The van der Waals surface area contributed by atoms with Crippen LogP contribution in [0.5, 0.6) is 0 Å². The molecule has 2 rings (SSSR count). The fourth-order valence-corrected chi connectivity index (χ4v) is 3.91. The van der Waals surface area contributed by atoms with Crippen LogP contribution >= 0.6 is 11.6 Å². The minimum absolute atomic E-state index is 0.0256. The number of sulfone groups is 1. The largest absolute Gasteiger partial charge is 0.334 e. The van der Waals surface area contributed by atoms with E-state index in [9.17, 15) is 13.2 Å². The quantitative estimate of drug-likeness (QED) is 0.797. The van der Waals surface area contributed by atoms with Crippen LogP contribution in [0.25, 0.3) is 0 Å². The van der Waals surface area contributed by atoms with Crippen LogP contribution in [0.4, 0.5) is 0 Å². The Morgan fingerprint density at radius 2 is 1.84 bits per heavy atom. The van der Waals surface area contributed by atoms with E-state index >= 15 is 0 Å². The number of rotatable bonds is 1. The molecule has 1 amide bonds. The van der Waals surface area contributed by atoms with Gasteiger partial charge >= 0.3 is 0 Å². The molecule has 0 spiro atoms. The van der Waals surface area contributed by atoms with Crippen molar-refractivity contribution in [2.45, 2.75) is 25.1 Å². The third-order valence-corrected chi connectivity index (χ3v) is 6.24. The number of halogens is 1. The van der Waals surface area contributed by atoms with Crippen LogP contribution in [0.1, 0.15) is 24.2 Å². The lowest BCUT2D eigenvalue weighted by Gasteiger charge is -2.37. The molecular formula is C13H16ClNO3S. The number of carbonyl (C=O) groups is 1. The zero-order valence-electron chi connectivity index (χ0n) is 10.8. The molecule has 1 aromatic rings. The summed E-state index contributed by atoms with van der Waals surface area (Å²) in [5.74, 6) is -0.122. The second-order valence-electron chi connectivity index (χ2n) is 4.82. The Kier molecular flexibility index (Phi) is 3.87. The Labute approximate surface area is 118 Å². The predicted octanol–water partition coefficient (Wildman–Crippen LogP) is 1.99. The molecule has 6 heteroatoms. The summed E-state index contributed by atoms with van der Waals surface area (Å²) in [6.07, 6.45) is 0. The van der Waals surface area contributed by atoms with Crippen molar-refractivity contribution in [2.75, 3.05) is 12.3 Å². The first-order valence-electron chi connectivity index (χ1n) is 6.11. The standard InChI is InChI=1S/C13H16ClNO3S/c1-9-10(2)19(17,18)8-7-15(9)13(16)11-3-5-12(14)6-4-11/h3-6,9-10H,7-8H2,1-2H3/t9-,10+/m0/s1. The summed E-state index contributed by atoms with van der Waals surface area (Å²) in [6, 6.07) is 6.31. The first kappa shape index (κ1) is 14.3. The Bertz CT molecular complexity index is 582. The van der Waals surface area contributed by atoms with E-state index < -0.39 is 15.1 Å². The summed E-state index contributed by atoms with van der Waals surface area (Å²) in [6.45, 7) is 3.67. The first-order chi connectivity index (χ1) is 8.83. The van der Waals surface area contributed by atoms with Crippen molar-refractivity contribution in [3.05, 3.63) is 34.9 Å². The highest BCUT2D eigenvalue weighted by molar-refractivity contribution is 7.92. The summed E-state index contributed by atoms with van der Waals surface area (Å²) in [4.78, 5) is 14.0. The molecule has 0 bridgehead atoms. The highest BCUT2D eigenvalue weighted by Crippen LogP contribution is 2.22. The van der Waals surface area contributed by atoms with Crippen molar-refractivity contribution in [1.29, 1.82) is 0 Å². The van der Waals surface area contributed by atoms with E-state index in [4.69, 9.17) is 11.6 Å². The number of hydrogen-bond acceptors (Lipinski definition) is 3. The third-order valence-electron chi connectivity index (χ3n) is 3.71. The number of carbonyl (C=O) groups excluding carboxylic acids is 1. The van der Waals surface area contributed by atoms with E-state index in [2.05, 4.69) is 0 Å². The number of amides is 1. The van der Waals surface area contributed by atoms with Crippen LogP contribution in [0.3, 0.4) is 0 Å². The van der Waals surface area contributed by atoms with Crippen LogP contribution in [0.15, 0.2) is 24.3 Å². The maximum atomic E-state index is 12.4. The number of hydrogen-bond donors (Lipinski definition) is 0. The van der Waals surface area contributed by atoms with Crippen LogP contribution in [-0.2, 0) is 9.84 Å². The smallest absolute Gasteiger partial charge is 0.254 e. The summed E-state index contributed by atoms with van der Waals surface area (Å²) >= 11 is 5.79. The van der Waals surface area contributed by atoms with Crippen LogP contribution in [0, 0.1) is 0 Å². The lowest BCUT2D eigenvalue weighted by atomic mass is 10.1. The van der Waals surface area contributed by atoms with Gasteiger partial charge in [-0.2, -0.15) is 0 Å². The topological polar surface area (TPSA) is 54.5 Å². The van der Waals surface area contributed by atoms with Crippen molar-refractivity contribution in [3.8, 4) is 0 Å². The van der Waals surface area contributed by atoms with Gasteiger partial charge in [-0.05, 0) is 38.1 Å². The molecule has 2 atom stereocenters. The lowest BCUT2D eigenvalue weighted by Crippen LogP contribution is -2.54. The summed E-state index contributed by atoms with van der Waals surface area (Å²) < 4.78 is 23.6. The van der Waals surface area contributed by atoms with Crippen LogP contribution in [0.2, 0.25) is 5.02 Å². The monoisotopic (exact) mass is 301 g/mol. The highest BCUT2D eigenvalue weighted by Gasteiger charge is 2.38. The van der Waals surface area contributed by atoms with Gasteiger partial charge in [-0.25, -0.2) is 8.42 Å². The molecule has 0 saturated carbocycles.